The van der Waals surface area contributed by atoms with Gasteiger partial charge in [0.15, 0.2) is 0 Å². The maximum absolute atomic E-state index is 12.4. The molecule has 1 heterocycles. The van der Waals surface area contributed by atoms with E-state index < -0.39 is 10.0 Å². The fourth-order valence-electron chi connectivity index (χ4n) is 1.80. The van der Waals surface area contributed by atoms with E-state index >= 15 is 0 Å². The van der Waals surface area contributed by atoms with Gasteiger partial charge in [-0.05, 0) is 30.3 Å². The lowest BCUT2D eigenvalue weighted by atomic mass is 10.3. The summed E-state index contributed by atoms with van der Waals surface area (Å²) in [7, 11) is -3.80. The zero-order valence-electron chi connectivity index (χ0n) is 10.3. The molecule has 0 aliphatic heterocycles. The Morgan fingerprint density at radius 1 is 1.05 bits per heavy atom. The van der Waals surface area contributed by atoms with Crippen LogP contribution in [0.5, 0.6) is 0 Å². The normalized spacial score (nSPS) is 11.7. The molecule has 108 valence electrons. The molecule has 3 rings (SSSR count). The average molecular weight is 343 g/mol. The third kappa shape index (κ3) is 2.67. The molecule has 2 N–H and O–H groups in total. The van der Waals surface area contributed by atoms with Crippen molar-refractivity contribution in [3.8, 4) is 0 Å². The van der Waals surface area contributed by atoms with Crippen molar-refractivity contribution in [1.82, 2.24) is 15.4 Å². The number of halogens is 2. The number of fused-ring (bicyclic) bond motifs is 1. The SMILES string of the molecule is O=S(=O)(Nc1cccc2n[nH]nc12)c1ccc(Cl)c(Cl)c1. The van der Waals surface area contributed by atoms with Crippen molar-refractivity contribution in [2.24, 2.45) is 0 Å². The Balaban J connectivity index is 2.03. The van der Waals surface area contributed by atoms with Crippen LogP contribution in [0.15, 0.2) is 41.3 Å². The lowest BCUT2D eigenvalue weighted by molar-refractivity contribution is 0.601. The summed E-state index contributed by atoms with van der Waals surface area (Å²) in [5.41, 5.74) is 1.32. The molecule has 3 aromatic rings. The van der Waals surface area contributed by atoms with E-state index in [1.165, 1.54) is 18.2 Å². The molecule has 0 fully saturated rings. The average Bonchev–Trinajstić information content (AvgIpc) is 2.91. The van der Waals surface area contributed by atoms with Gasteiger partial charge in [0.2, 0.25) is 0 Å². The Kier molecular flexibility index (Phi) is 3.48. The number of benzene rings is 2. The standard InChI is InChI=1S/C12H8Cl2N4O2S/c13-8-5-4-7(6-9(8)14)21(19,20)17-11-3-1-2-10-12(11)16-18-15-10/h1-6,17H,(H,15,16,18). The zero-order chi connectivity index (χ0) is 15.0. The maximum Gasteiger partial charge on any atom is 0.262 e. The van der Waals surface area contributed by atoms with E-state index in [1.54, 1.807) is 18.2 Å². The van der Waals surface area contributed by atoms with Gasteiger partial charge in [-0.3, -0.25) is 4.72 Å². The Hall–Kier alpha value is -1.83. The van der Waals surface area contributed by atoms with E-state index in [1.807, 2.05) is 0 Å². The summed E-state index contributed by atoms with van der Waals surface area (Å²) in [6.45, 7) is 0. The molecule has 2 aromatic carbocycles. The largest absolute Gasteiger partial charge is 0.277 e. The van der Waals surface area contributed by atoms with Gasteiger partial charge in [0.1, 0.15) is 11.0 Å². The summed E-state index contributed by atoms with van der Waals surface area (Å²) >= 11 is 11.6. The summed E-state index contributed by atoms with van der Waals surface area (Å²) in [5, 5.41) is 10.7. The molecule has 1 aromatic heterocycles. The number of hydrogen-bond acceptors (Lipinski definition) is 4. The smallest absolute Gasteiger partial charge is 0.262 e. The molecule has 0 saturated carbocycles. The van der Waals surface area contributed by atoms with Crippen LogP contribution < -0.4 is 4.72 Å². The van der Waals surface area contributed by atoms with Gasteiger partial charge in [0.25, 0.3) is 10.0 Å². The number of para-hydroxylation sites is 1. The fraction of sp³-hybridized carbons (Fsp3) is 0. The van der Waals surface area contributed by atoms with Crippen molar-refractivity contribution < 1.29 is 8.42 Å². The number of sulfonamides is 1. The highest BCUT2D eigenvalue weighted by atomic mass is 35.5. The van der Waals surface area contributed by atoms with Gasteiger partial charge in [-0.1, -0.05) is 29.3 Å². The number of aromatic amines is 1. The predicted octanol–water partition coefficient (Wildman–Crippen LogP) is 3.07. The monoisotopic (exact) mass is 342 g/mol. The first-order valence-corrected chi connectivity index (χ1v) is 7.99. The highest BCUT2D eigenvalue weighted by Crippen LogP contribution is 2.27. The van der Waals surface area contributed by atoms with Crippen molar-refractivity contribution in [2.45, 2.75) is 4.90 Å². The molecule has 0 saturated heterocycles. The van der Waals surface area contributed by atoms with E-state index in [0.717, 1.165) is 0 Å². The van der Waals surface area contributed by atoms with Gasteiger partial charge >= 0.3 is 0 Å². The molecular formula is C12H8Cl2N4O2S. The highest BCUT2D eigenvalue weighted by Gasteiger charge is 2.17. The van der Waals surface area contributed by atoms with Gasteiger partial charge in [-0.25, -0.2) is 8.42 Å². The summed E-state index contributed by atoms with van der Waals surface area (Å²) < 4.78 is 27.2. The topological polar surface area (TPSA) is 87.7 Å². The first kappa shape index (κ1) is 14.1. The predicted molar refractivity (Wildman–Crippen MR) is 81.2 cm³/mol. The van der Waals surface area contributed by atoms with Crippen LogP contribution in [0.2, 0.25) is 10.0 Å². The Morgan fingerprint density at radius 2 is 1.86 bits per heavy atom. The first-order valence-electron chi connectivity index (χ1n) is 5.75. The molecule has 0 spiro atoms. The minimum atomic E-state index is -3.80. The lowest BCUT2D eigenvalue weighted by Crippen LogP contribution is -2.13. The highest BCUT2D eigenvalue weighted by molar-refractivity contribution is 7.92. The van der Waals surface area contributed by atoms with Gasteiger partial charge < -0.3 is 0 Å². The fourth-order valence-corrected chi connectivity index (χ4v) is 3.25. The molecule has 0 unspecified atom stereocenters. The van der Waals surface area contributed by atoms with Crippen LogP contribution in [0, 0.1) is 0 Å². The minimum Gasteiger partial charge on any atom is -0.277 e. The number of nitrogens with zero attached hydrogens (tertiary/aromatic N) is 2. The molecule has 0 aliphatic carbocycles. The zero-order valence-corrected chi connectivity index (χ0v) is 12.7. The van der Waals surface area contributed by atoms with Crippen LogP contribution in [-0.2, 0) is 10.0 Å². The molecular weight excluding hydrogens is 335 g/mol. The second kappa shape index (κ2) is 5.18. The van der Waals surface area contributed by atoms with Crippen molar-refractivity contribution in [2.75, 3.05) is 4.72 Å². The number of hydrogen-bond donors (Lipinski definition) is 2. The van der Waals surface area contributed by atoms with Gasteiger partial charge in [0, 0.05) is 0 Å². The third-order valence-corrected chi connectivity index (χ3v) is 4.89. The molecule has 6 nitrogen and oxygen atoms in total. The number of rotatable bonds is 3. The van der Waals surface area contributed by atoms with E-state index in [0.29, 0.717) is 16.7 Å². The maximum atomic E-state index is 12.4. The minimum absolute atomic E-state index is 0.0115. The van der Waals surface area contributed by atoms with Crippen molar-refractivity contribution in [3.05, 3.63) is 46.4 Å². The molecule has 0 aliphatic rings. The van der Waals surface area contributed by atoms with Crippen LogP contribution in [-0.4, -0.2) is 23.8 Å². The quantitative estimate of drug-likeness (QED) is 0.765. The lowest BCUT2D eigenvalue weighted by Gasteiger charge is -2.09. The van der Waals surface area contributed by atoms with Gasteiger partial charge in [-0.2, -0.15) is 15.4 Å². The number of aromatic nitrogens is 3. The van der Waals surface area contributed by atoms with E-state index in [4.69, 9.17) is 23.2 Å². The second-order valence-corrected chi connectivity index (χ2v) is 6.68. The van der Waals surface area contributed by atoms with E-state index in [-0.39, 0.29) is 14.9 Å². The van der Waals surface area contributed by atoms with Gasteiger partial charge in [-0.15, -0.1) is 0 Å². The van der Waals surface area contributed by atoms with Crippen LogP contribution in [0.4, 0.5) is 5.69 Å². The van der Waals surface area contributed by atoms with Crippen LogP contribution in [0.1, 0.15) is 0 Å². The van der Waals surface area contributed by atoms with Crippen LogP contribution in [0.25, 0.3) is 11.0 Å². The summed E-state index contributed by atoms with van der Waals surface area (Å²) in [6.07, 6.45) is 0. The number of nitrogens with one attached hydrogen (secondary N) is 2. The van der Waals surface area contributed by atoms with E-state index in [2.05, 4.69) is 20.1 Å². The first-order chi connectivity index (χ1) is 9.97. The van der Waals surface area contributed by atoms with Crippen LogP contribution >= 0.6 is 23.2 Å². The van der Waals surface area contributed by atoms with Gasteiger partial charge in [0.05, 0.1) is 20.6 Å². The Bertz CT molecular complexity index is 924. The molecule has 21 heavy (non-hydrogen) atoms. The van der Waals surface area contributed by atoms with E-state index in [9.17, 15) is 8.42 Å². The Morgan fingerprint density at radius 3 is 2.62 bits per heavy atom. The second-order valence-electron chi connectivity index (χ2n) is 4.18. The van der Waals surface area contributed by atoms with Crippen molar-refractivity contribution >= 4 is 49.9 Å². The van der Waals surface area contributed by atoms with Crippen molar-refractivity contribution in [1.29, 1.82) is 0 Å². The molecule has 0 atom stereocenters. The molecule has 0 bridgehead atoms. The summed E-state index contributed by atoms with van der Waals surface area (Å²) in [5.74, 6) is 0. The number of anilines is 1. The Labute approximate surface area is 130 Å². The summed E-state index contributed by atoms with van der Waals surface area (Å²) in [6, 6.07) is 9.08. The van der Waals surface area contributed by atoms with Crippen molar-refractivity contribution in [3.63, 3.8) is 0 Å². The molecule has 0 radical (unpaired) electrons. The molecule has 9 heteroatoms. The molecule has 0 amide bonds. The summed E-state index contributed by atoms with van der Waals surface area (Å²) in [4.78, 5) is 0.0115. The third-order valence-electron chi connectivity index (χ3n) is 2.79. The number of H-pyrrole nitrogens is 1. The van der Waals surface area contributed by atoms with Crippen LogP contribution in [0.3, 0.4) is 0 Å².